The molecule has 0 spiro atoms. The summed E-state index contributed by atoms with van der Waals surface area (Å²) in [5.74, 6) is 1.32. The minimum Gasteiger partial charge on any atom is -0.376 e. The first-order valence-electron chi connectivity index (χ1n) is 22.4. The summed E-state index contributed by atoms with van der Waals surface area (Å²) in [6.45, 7) is 11.2. The predicted octanol–water partition coefficient (Wildman–Crippen LogP) is 8.08. The Morgan fingerprint density at radius 1 is 0.954 bits per heavy atom. The van der Waals surface area contributed by atoms with E-state index in [9.17, 15) is 18.8 Å². The molecular formula is C48H50F2N10O5. The molecule has 17 heteroatoms. The topological polar surface area (TPSA) is 163 Å². The van der Waals surface area contributed by atoms with Crippen LogP contribution in [0.3, 0.4) is 0 Å². The van der Waals surface area contributed by atoms with Crippen LogP contribution >= 0.6 is 0 Å². The van der Waals surface area contributed by atoms with Crippen molar-refractivity contribution in [3.8, 4) is 5.69 Å². The number of benzene rings is 3. The highest BCUT2D eigenvalue weighted by Gasteiger charge is 2.60. The smallest absolute Gasteiger partial charge is 0.376 e. The molecule has 0 bridgehead atoms. The van der Waals surface area contributed by atoms with Crippen molar-refractivity contribution in [3.05, 3.63) is 116 Å². The van der Waals surface area contributed by atoms with Crippen molar-refractivity contribution in [1.82, 2.24) is 39.6 Å². The number of ether oxygens (including phenoxy) is 1. The molecule has 5 atom stereocenters. The van der Waals surface area contributed by atoms with Crippen LogP contribution in [-0.4, -0.2) is 82.4 Å². The van der Waals surface area contributed by atoms with Crippen LogP contribution in [0.2, 0.25) is 0 Å². The zero-order valence-electron chi connectivity index (χ0n) is 37.1. The first kappa shape index (κ1) is 41.1. The highest BCUT2D eigenvalue weighted by molar-refractivity contribution is 6.10. The second-order valence-electron chi connectivity index (χ2n) is 19.2. The summed E-state index contributed by atoms with van der Waals surface area (Å²) in [5, 5.41) is 14.2. The Labute approximate surface area is 372 Å². The third-order valence-electron chi connectivity index (χ3n) is 14.1. The molecule has 12 rings (SSSR count). The van der Waals surface area contributed by atoms with E-state index in [4.69, 9.17) is 9.84 Å². The summed E-state index contributed by atoms with van der Waals surface area (Å²) in [6.07, 6.45) is 5.60. The van der Waals surface area contributed by atoms with E-state index < -0.39 is 11.6 Å². The van der Waals surface area contributed by atoms with E-state index in [1.54, 1.807) is 69.2 Å². The van der Waals surface area contributed by atoms with Crippen LogP contribution in [0.25, 0.3) is 27.5 Å². The SMILES string of the molecule is CC1CC1c1noc(=O)[nH]1.Cc1cc(-n2nc3c(c2N2C(=O)N(c4ccc5c(cnn5C)c4F)C4CC42)CN(C(=O)c2cc4cc(C5CCOC(C)(C)C5)ccc4[nH]2)CC3)cc(C)c1F. The lowest BCUT2D eigenvalue weighted by Crippen LogP contribution is -2.40. The van der Waals surface area contributed by atoms with Gasteiger partial charge in [-0.05, 0) is 124 Å². The quantitative estimate of drug-likeness (QED) is 0.169. The molecule has 4 fully saturated rings. The summed E-state index contributed by atoms with van der Waals surface area (Å²) in [7, 11) is 1.75. The molecular weight excluding hydrogens is 835 g/mol. The molecule has 5 unspecified atom stereocenters. The molecule has 3 aromatic carbocycles. The van der Waals surface area contributed by atoms with E-state index in [1.807, 2.05) is 6.07 Å². The lowest BCUT2D eigenvalue weighted by Gasteiger charge is -2.35. The molecule has 336 valence electrons. The van der Waals surface area contributed by atoms with Crippen LogP contribution in [0.4, 0.5) is 25.1 Å². The maximum Gasteiger partial charge on any atom is 0.438 e. The van der Waals surface area contributed by atoms with Crippen molar-refractivity contribution in [2.45, 2.75) is 103 Å². The number of hydrogen-bond donors (Lipinski definition) is 2. The fraction of sp³-hybridized carbons (Fsp3) is 0.417. The van der Waals surface area contributed by atoms with Gasteiger partial charge < -0.3 is 14.6 Å². The van der Waals surface area contributed by atoms with Crippen LogP contribution in [0.5, 0.6) is 0 Å². The summed E-state index contributed by atoms with van der Waals surface area (Å²) in [4.78, 5) is 50.3. The molecule has 65 heavy (non-hydrogen) atoms. The minimum atomic E-state index is -0.495. The van der Waals surface area contributed by atoms with E-state index in [1.165, 1.54) is 11.8 Å². The van der Waals surface area contributed by atoms with Gasteiger partial charge in [0.25, 0.3) is 5.91 Å². The molecule has 15 nitrogen and oxygen atoms in total. The maximum atomic E-state index is 16.1. The number of aromatic amines is 2. The number of fused-ring (bicyclic) bond motifs is 4. The second kappa shape index (κ2) is 15.0. The van der Waals surface area contributed by atoms with Gasteiger partial charge >= 0.3 is 11.8 Å². The van der Waals surface area contributed by atoms with Gasteiger partial charge in [-0.3, -0.25) is 28.8 Å². The number of carbonyl (C=O) groups is 2. The molecule has 3 aliphatic heterocycles. The van der Waals surface area contributed by atoms with E-state index in [0.29, 0.717) is 82.2 Å². The van der Waals surface area contributed by atoms with Gasteiger partial charge in [-0.25, -0.2) is 23.1 Å². The molecule has 3 amide bonds. The van der Waals surface area contributed by atoms with Gasteiger partial charge in [0.1, 0.15) is 17.3 Å². The van der Waals surface area contributed by atoms with Gasteiger partial charge in [0.2, 0.25) is 0 Å². The maximum absolute atomic E-state index is 16.1. The molecule has 7 aromatic rings. The minimum absolute atomic E-state index is 0.145. The highest BCUT2D eigenvalue weighted by Crippen LogP contribution is 2.49. The summed E-state index contributed by atoms with van der Waals surface area (Å²) >= 11 is 0. The fourth-order valence-corrected chi connectivity index (χ4v) is 10.3. The van der Waals surface area contributed by atoms with Crippen LogP contribution in [-0.2, 0) is 24.8 Å². The first-order chi connectivity index (χ1) is 31.1. The number of hydrogen-bond acceptors (Lipinski definition) is 8. The number of carbonyl (C=O) groups excluding carboxylic acids is 2. The number of amides is 3. The third-order valence-corrected chi connectivity index (χ3v) is 14.1. The summed E-state index contributed by atoms with van der Waals surface area (Å²) in [5.41, 5.74) is 6.35. The van der Waals surface area contributed by atoms with Crippen LogP contribution in [0.1, 0.15) is 103 Å². The van der Waals surface area contributed by atoms with E-state index in [-0.39, 0.29) is 47.7 Å². The van der Waals surface area contributed by atoms with E-state index in [2.05, 4.69) is 63.7 Å². The number of nitrogens with zero attached hydrogens (tertiary/aromatic N) is 8. The molecule has 7 heterocycles. The number of halogens is 2. The van der Waals surface area contributed by atoms with Crippen molar-refractivity contribution in [3.63, 3.8) is 0 Å². The summed E-state index contributed by atoms with van der Waals surface area (Å²) in [6, 6.07) is 14.4. The van der Waals surface area contributed by atoms with Gasteiger partial charge in [-0.2, -0.15) is 10.2 Å². The number of aromatic nitrogens is 7. The second-order valence-corrected chi connectivity index (χ2v) is 19.2. The van der Waals surface area contributed by atoms with Gasteiger partial charge in [0.05, 0.1) is 58.4 Å². The average molecular weight is 885 g/mol. The Bertz CT molecular complexity index is 3120. The van der Waals surface area contributed by atoms with Gasteiger partial charge in [0, 0.05) is 49.0 Å². The van der Waals surface area contributed by atoms with Crippen molar-refractivity contribution in [2.75, 3.05) is 23.0 Å². The van der Waals surface area contributed by atoms with E-state index in [0.717, 1.165) is 48.0 Å². The molecule has 2 saturated carbocycles. The van der Waals surface area contributed by atoms with E-state index >= 15 is 4.39 Å². The number of nitrogens with one attached hydrogen (secondary N) is 2. The standard InChI is InChI=1S/C42H42F2N8O3.C6H8N2O2/c1-22-14-27(15-23(2)37(22)43)52-39(51-36-18-35(36)50(41(51)54)34-9-8-33-28(38(34)44)20-45-48(33)5)29-21-49(12-10-31(29)47-52)40(53)32-17-26-16-24(6-7-30(26)46-32)25-11-13-55-42(3,4)19-25;1-3-2-4(3)5-7-6(9)10-8-5/h6-9,14-17,20,25,35-36,46H,10-13,18-19,21H2,1-5H3;3-4H,2H2,1H3,(H,7,8,9). The molecule has 0 radical (unpaired) electrons. The van der Waals surface area contributed by atoms with Crippen molar-refractivity contribution in [2.24, 2.45) is 13.0 Å². The Balaban J connectivity index is 0.000000412. The number of urea groups is 1. The number of rotatable bonds is 6. The monoisotopic (exact) mass is 884 g/mol. The van der Waals surface area contributed by atoms with Crippen molar-refractivity contribution >= 4 is 45.2 Å². The largest absolute Gasteiger partial charge is 0.438 e. The predicted molar refractivity (Wildman–Crippen MR) is 239 cm³/mol. The van der Waals surface area contributed by atoms with Crippen LogP contribution in [0, 0.1) is 31.4 Å². The normalized spacial score (nSPS) is 23.2. The van der Waals surface area contributed by atoms with Gasteiger partial charge in [-0.15, -0.1) is 0 Å². The third kappa shape index (κ3) is 7.02. The first-order valence-corrected chi connectivity index (χ1v) is 22.4. The molecule has 4 aromatic heterocycles. The fourth-order valence-electron chi connectivity index (χ4n) is 10.3. The zero-order chi connectivity index (χ0) is 45.2. The Hall–Kier alpha value is -6.62. The van der Waals surface area contributed by atoms with Gasteiger partial charge in [0.15, 0.2) is 11.6 Å². The lowest BCUT2D eigenvalue weighted by atomic mass is 9.83. The molecule has 5 aliphatic rings. The van der Waals surface area contributed by atoms with Crippen molar-refractivity contribution in [1.29, 1.82) is 0 Å². The van der Waals surface area contributed by atoms with Gasteiger partial charge in [-0.1, -0.05) is 18.1 Å². The lowest BCUT2D eigenvalue weighted by molar-refractivity contribution is -0.0592. The van der Waals surface area contributed by atoms with Crippen molar-refractivity contribution < 1.29 is 27.6 Å². The molecule has 2 N–H and O–H groups in total. The Morgan fingerprint density at radius 2 is 1.72 bits per heavy atom. The summed E-state index contributed by atoms with van der Waals surface area (Å²) < 4.78 is 44.6. The highest BCUT2D eigenvalue weighted by atomic mass is 19.1. The van der Waals surface area contributed by atoms with Crippen LogP contribution < -0.4 is 15.6 Å². The van der Waals surface area contributed by atoms with Crippen LogP contribution in [0.15, 0.2) is 64.0 Å². The number of H-pyrrole nitrogens is 2. The number of anilines is 2. The molecule has 2 aliphatic carbocycles. The Kier molecular flexibility index (Phi) is 9.47. The average Bonchev–Trinajstić information content (AvgIpc) is 3.82. The zero-order valence-corrected chi connectivity index (χ0v) is 37.1. The Morgan fingerprint density at radius 3 is 2.45 bits per heavy atom. The number of aryl methyl sites for hydroxylation is 3. The molecule has 2 saturated heterocycles.